The lowest BCUT2D eigenvalue weighted by Gasteiger charge is -2.32. The molecule has 0 saturated carbocycles. The van der Waals surface area contributed by atoms with Gasteiger partial charge in [0.05, 0.1) is 22.5 Å². The molecule has 9 nitrogen and oxygen atoms in total. The zero-order valence-corrected chi connectivity index (χ0v) is 18.8. The molecule has 0 aliphatic carbocycles. The number of hydrogen-bond donors (Lipinski definition) is 4. The molecule has 0 radical (unpaired) electrons. The molecule has 4 N–H and O–H groups in total. The molecule has 2 aromatic heterocycles. The smallest absolute Gasteiger partial charge is 0.164 e. The number of hydrogen-bond acceptors (Lipinski definition) is 8. The zero-order chi connectivity index (χ0) is 21.6. The molecule has 0 unspecified atom stereocenters. The van der Waals surface area contributed by atoms with Gasteiger partial charge in [0, 0.05) is 6.20 Å². The molecular weight excluding hydrogens is 471 g/mol. The number of aromatic nitrogens is 3. The van der Waals surface area contributed by atoms with Gasteiger partial charge < -0.3 is 24.6 Å². The second-order valence-corrected chi connectivity index (χ2v) is 8.01. The van der Waals surface area contributed by atoms with E-state index in [4.69, 9.17) is 32.8 Å². The van der Waals surface area contributed by atoms with Gasteiger partial charge in [-0.25, -0.2) is 15.4 Å². The van der Waals surface area contributed by atoms with E-state index in [1.54, 1.807) is 29.0 Å². The Kier molecular flexibility index (Phi) is 6.99. The molecule has 3 aromatic rings. The minimum atomic E-state index is -1.66. The van der Waals surface area contributed by atoms with Crippen molar-refractivity contribution in [1.29, 1.82) is 0 Å². The molecule has 31 heavy (non-hydrogen) atoms. The van der Waals surface area contributed by atoms with E-state index in [9.17, 15) is 15.3 Å². The molecule has 4 rings (SSSR count). The molecule has 0 amide bonds. The van der Waals surface area contributed by atoms with E-state index in [1.165, 1.54) is 26.4 Å². The molecule has 1 aliphatic heterocycles. The number of nitrogens with one attached hydrogen (secondary N) is 1. The largest absolute Gasteiger partial charge is 0.387 e. The Morgan fingerprint density at radius 3 is 2.58 bits per heavy atom. The number of rotatable bonds is 5. The van der Waals surface area contributed by atoms with Gasteiger partial charge in [-0.05, 0) is 30.7 Å². The number of fused-ring (bicyclic) bond motifs is 1. The van der Waals surface area contributed by atoms with Crippen molar-refractivity contribution in [3.8, 4) is 0 Å². The SMILES string of the molecule is CONc1ncnc2c1ccn2[C@@H]1O[C@H]([C@](C)(O)c2ccc(Cl)c(Cl)c2)[C@@H](O)[C@H]1O.Cl. The number of aliphatic hydroxyl groups is 3. The Labute approximate surface area is 193 Å². The van der Waals surface area contributed by atoms with Crippen LogP contribution >= 0.6 is 35.6 Å². The third-order valence-corrected chi connectivity index (χ3v) is 6.02. The van der Waals surface area contributed by atoms with Crippen molar-refractivity contribution in [2.75, 3.05) is 12.6 Å². The number of benzene rings is 1. The summed E-state index contributed by atoms with van der Waals surface area (Å²) in [6.45, 7) is 1.48. The first-order valence-electron chi connectivity index (χ1n) is 9.05. The lowest BCUT2D eigenvalue weighted by Crippen LogP contribution is -2.45. The Hall–Kier alpha value is -1.69. The maximum Gasteiger partial charge on any atom is 0.164 e. The van der Waals surface area contributed by atoms with E-state index in [-0.39, 0.29) is 17.4 Å². The van der Waals surface area contributed by atoms with Crippen molar-refractivity contribution in [2.45, 2.75) is 37.1 Å². The van der Waals surface area contributed by atoms with Gasteiger partial charge in [-0.3, -0.25) is 4.84 Å². The van der Waals surface area contributed by atoms with Crippen LogP contribution in [0.1, 0.15) is 18.7 Å². The van der Waals surface area contributed by atoms with Crippen molar-refractivity contribution in [3.63, 3.8) is 0 Å². The summed E-state index contributed by atoms with van der Waals surface area (Å²) in [7, 11) is 1.46. The van der Waals surface area contributed by atoms with Gasteiger partial charge in [0.15, 0.2) is 12.0 Å². The van der Waals surface area contributed by atoms with Crippen LogP contribution in [0.15, 0.2) is 36.8 Å². The predicted molar refractivity (Wildman–Crippen MR) is 117 cm³/mol. The first-order chi connectivity index (χ1) is 14.3. The third kappa shape index (κ3) is 4.08. The van der Waals surface area contributed by atoms with Crippen LogP contribution in [0.5, 0.6) is 0 Å². The second-order valence-electron chi connectivity index (χ2n) is 7.19. The van der Waals surface area contributed by atoms with E-state index >= 15 is 0 Å². The van der Waals surface area contributed by atoms with Gasteiger partial charge in [0.25, 0.3) is 0 Å². The molecule has 5 atom stereocenters. The van der Waals surface area contributed by atoms with Crippen LogP contribution in [0.2, 0.25) is 10.0 Å². The number of anilines is 1. The first-order valence-corrected chi connectivity index (χ1v) is 9.81. The van der Waals surface area contributed by atoms with E-state index in [0.717, 1.165) is 0 Å². The van der Waals surface area contributed by atoms with Crippen molar-refractivity contribution < 1.29 is 24.9 Å². The zero-order valence-electron chi connectivity index (χ0n) is 16.4. The fraction of sp³-hybridized carbons (Fsp3) is 0.368. The van der Waals surface area contributed by atoms with Crippen LogP contribution in [0, 0.1) is 0 Å². The maximum atomic E-state index is 11.2. The molecule has 1 fully saturated rings. The van der Waals surface area contributed by atoms with Crippen LogP contribution in [0.25, 0.3) is 11.0 Å². The number of aliphatic hydroxyl groups excluding tert-OH is 2. The normalized spacial score (nSPS) is 25.3. The molecule has 1 aliphatic rings. The fourth-order valence-electron chi connectivity index (χ4n) is 3.68. The Morgan fingerprint density at radius 1 is 1.16 bits per heavy atom. The summed E-state index contributed by atoms with van der Waals surface area (Å²) in [5, 5.41) is 33.8. The van der Waals surface area contributed by atoms with E-state index in [0.29, 0.717) is 27.4 Å². The first kappa shape index (κ1) is 24.0. The molecule has 0 spiro atoms. The monoisotopic (exact) mass is 490 g/mol. The summed E-state index contributed by atoms with van der Waals surface area (Å²) in [4.78, 5) is 13.3. The van der Waals surface area contributed by atoms with Crippen LogP contribution in [-0.4, -0.2) is 55.3 Å². The van der Waals surface area contributed by atoms with Crippen molar-refractivity contribution in [2.24, 2.45) is 0 Å². The number of nitrogens with zero attached hydrogens (tertiary/aromatic N) is 3. The highest BCUT2D eigenvalue weighted by molar-refractivity contribution is 6.42. The number of halogens is 3. The minimum absolute atomic E-state index is 0. The highest BCUT2D eigenvalue weighted by Crippen LogP contribution is 2.41. The van der Waals surface area contributed by atoms with Crippen molar-refractivity contribution in [3.05, 3.63) is 52.4 Å². The van der Waals surface area contributed by atoms with E-state index in [1.807, 2.05) is 0 Å². The molecule has 0 bridgehead atoms. The molecule has 3 heterocycles. The molecule has 168 valence electrons. The average molecular weight is 492 g/mol. The van der Waals surface area contributed by atoms with Crippen LogP contribution in [0.4, 0.5) is 5.82 Å². The molecule has 1 saturated heterocycles. The summed E-state index contributed by atoms with van der Waals surface area (Å²) in [5.41, 5.74) is 1.84. The minimum Gasteiger partial charge on any atom is -0.387 e. The van der Waals surface area contributed by atoms with Gasteiger partial charge in [-0.15, -0.1) is 12.4 Å². The highest BCUT2D eigenvalue weighted by Gasteiger charge is 2.52. The summed E-state index contributed by atoms with van der Waals surface area (Å²) < 4.78 is 7.52. The summed E-state index contributed by atoms with van der Waals surface area (Å²) in [5.74, 6) is 0.439. The highest BCUT2D eigenvalue weighted by atomic mass is 35.5. The van der Waals surface area contributed by atoms with Gasteiger partial charge in [-0.1, -0.05) is 29.3 Å². The molecular formula is C19H21Cl3N4O5. The Balaban J connectivity index is 0.00000272. The fourth-order valence-corrected chi connectivity index (χ4v) is 3.98. The summed E-state index contributed by atoms with van der Waals surface area (Å²) in [6, 6.07) is 6.36. The molecule has 1 aromatic carbocycles. The van der Waals surface area contributed by atoms with E-state index < -0.39 is 30.1 Å². The van der Waals surface area contributed by atoms with Gasteiger partial charge in [0.2, 0.25) is 0 Å². The lowest BCUT2D eigenvalue weighted by atomic mass is 9.87. The topological polar surface area (TPSA) is 122 Å². The summed E-state index contributed by atoms with van der Waals surface area (Å²) >= 11 is 12.0. The third-order valence-electron chi connectivity index (χ3n) is 5.28. The van der Waals surface area contributed by atoms with Crippen LogP contribution in [-0.2, 0) is 15.2 Å². The predicted octanol–water partition coefficient (Wildman–Crippen LogP) is 2.66. The lowest BCUT2D eigenvalue weighted by molar-refractivity contribution is -0.135. The second kappa shape index (κ2) is 9.05. The van der Waals surface area contributed by atoms with Gasteiger partial charge >= 0.3 is 0 Å². The van der Waals surface area contributed by atoms with Crippen molar-refractivity contribution >= 4 is 52.5 Å². The quantitative estimate of drug-likeness (QED) is 0.402. The van der Waals surface area contributed by atoms with Gasteiger partial charge in [0.1, 0.15) is 35.9 Å². The molecule has 12 heteroatoms. The van der Waals surface area contributed by atoms with E-state index in [2.05, 4.69) is 15.4 Å². The van der Waals surface area contributed by atoms with Crippen LogP contribution in [0.3, 0.4) is 0 Å². The average Bonchev–Trinajstić information content (AvgIpc) is 3.27. The Bertz CT molecular complexity index is 1080. The Morgan fingerprint density at radius 2 is 1.90 bits per heavy atom. The van der Waals surface area contributed by atoms with Crippen LogP contribution < -0.4 is 5.48 Å². The summed E-state index contributed by atoms with van der Waals surface area (Å²) in [6.07, 6.45) is -1.87. The number of ether oxygens (including phenoxy) is 1. The van der Waals surface area contributed by atoms with Crippen molar-refractivity contribution in [1.82, 2.24) is 14.5 Å². The maximum absolute atomic E-state index is 11.2. The van der Waals surface area contributed by atoms with Gasteiger partial charge in [-0.2, -0.15) is 0 Å². The standard InChI is InChI=1S/C19H20Cl2N4O5.ClH/c1-19(28,9-3-4-11(20)12(21)7-9)15-13(26)14(27)18(30-15)25-6-5-10-16(24-29-2)22-8-23-17(10)25;/h3-8,13-15,18,26-28H,1-2H3,(H,22,23,24);1H/t13-,14+,15-,18+,19+;/m0./s1.